The number of alkyl carbamates (subject to hydrolysis) is 1. The molecule has 1 unspecified atom stereocenters. The van der Waals surface area contributed by atoms with Gasteiger partial charge in [0.2, 0.25) is 0 Å². The van der Waals surface area contributed by atoms with Gasteiger partial charge in [-0.15, -0.1) is 0 Å². The molecule has 0 saturated heterocycles. The predicted molar refractivity (Wildman–Crippen MR) is 103 cm³/mol. The van der Waals surface area contributed by atoms with Gasteiger partial charge in [0, 0.05) is 12.5 Å². The van der Waals surface area contributed by atoms with E-state index in [9.17, 15) is 14.7 Å². The number of carbonyl (C=O) groups is 2. The zero-order valence-corrected chi connectivity index (χ0v) is 15.7. The van der Waals surface area contributed by atoms with E-state index in [1.165, 1.54) is 6.92 Å². The zero-order chi connectivity index (χ0) is 19.6. The first kappa shape index (κ1) is 18.9. The molecule has 0 fully saturated rings. The van der Waals surface area contributed by atoms with Crippen LogP contribution in [0.3, 0.4) is 0 Å². The summed E-state index contributed by atoms with van der Waals surface area (Å²) in [6.45, 7) is 1.78. The third-order valence-electron chi connectivity index (χ3n) is 4.83. The number of ether oxygens (including phenoxy) is 1. The van der Waals surface area contributed by atoms with Crippen LogP contribution in [0, 0.1) is 0 Å². The molecule has 1 aliphatic carbocycles. The second kappa shape index (κ2) is 7.40. The summed E-state index contributed by atoms with van der Waals surface area (Å²) in [6, 6.07) is 16.1. The molecule has 6 nitrogen and oxygen atoms in total. The second-order valence-corrected chi connectivity index (χ2v) is 7.33. The van der Waals surface area contributed by atoms with Gasteiger partial charge in [-0.2, -0.15) is 0 Å². The molecule has 0 saturated carbocycles. The summed E-state index contributed by atoms with van der Waals surface area (Å²) in [5, 5.41) is 12.0. The largest absolute Gasteiger partial charge is 0.479 e. The minimum Gasteiger partial charge on any atom is -0.479 e. The highest BCUT2D eigenvalue weighted by atomic mass is 16.5. The summed E-state index contributed by atoms with van der Waals surface area (Å²) in [4.78, 5) is 25.6. The summed E-state index contributed by atoms with van der Waals surface area (Å²) >= 11 is 0. The van der Waals surface area contributed by atoms with Gasteiger partial charge in [-0.05, 0) is 43.3 Å². The van der Waals surface area contributed by atoms with E-state index in [1.807, 2.05) is 36.4 Å². The van der Waals surface area contributed by atoms with Gasteiger partial charge in [0.25, 0.3) is 0 Å². The Morgan fingerprint density at radius 3 is 2.07 bits per heavy atom. The lowest BCUT2D eigenvalue weighted by molar-refractivity contribution is -0.144. The SMILES string of the molecule is CN(C)CC(C)(NC(=O)OCC1c2ccccc2-c2ccccc21)C(=O)O. The fourth-order valence-electron chi connectivity index (χ4n) is 3.65. The van der Waals surface area contributed by atoms with E-state index in [0.717, 1.165) is 22.3 Å². The molecule has 6 heteroatoms. The van der Waals surface area contributed by atoms with Crippen molar-refractivity contribution in [2.75, 3.05) is 27.2 Å². The van der Waals surface area contributed by atoms with Gasteiger partial charge >= 0.3 is 12.1 Å². The van der Waals surface area contributed by atoms with Crippen LogP contribution < -0.4 is 5.32 Å². The molecule has 2 N–H and O–H groups in total. The Labute approximate surface area is 158 Å². The van der Waals surface area contributed by atoms with E-state index in [1.54, 1.807) is 19.0 Å². The number of likely N-dealkylation sites (N-methyl/N-ethyl adjacent to an activating group) is 1. The fourth-order valence-corrected chi connectivity index (χ4v) is 3.65. The topological polar surface area (TPSA) is 78.9 Å². The van der Waals surface area contributed by atoms with Crippen molar-refractivity contribution < 1.29 is 19.4 Å². The number of nitrogens with zero attached hydrogens (tertiary/aromatic N) is 1. The van der Waals surface area contributed by atoms with Crippen LogP contribution in [-0.4, -0.2) is 54.9 Å². The van der Waals surface area contributed by atoms with Gasteiger partial charge < -0.3 is 20.1 Å². The van der Waals surface area contributed by atoms with E-state index < -0.39 is 17.6 Å². The highest BCUT2D eigenvalue weighted by molar-refractivity contribution is 5.84. The smallest absolute Gasteiger partial charge is 0.408 e. The normalized spacial score (nSPS) is 15.0. The Hall–Kier alpha value is -2.86. The van der Waals surface area contributed by atoms with E-state index >= 15 is 0 Å². The predicted octanol–water partition coefficient (Wildman–Crippen LogP) is 2.93. The maximum atomic E-state index is 12.3. The van der Waals surface area contributed by atoms with Crippen molar-refractivity contribution in [2.45, 2.75) is 18.4 Å². The van der Waals surface area contributed by atoms with Gasteiger partial charge in [-0.1, -0.05) is 48.5 Å². The fraction of sp³-hybridized carbons (Fsp3) is 0.333. The van der Waals surface area contributed by atoms with Crippen LogP contribution in [0.15, 0.2) is 48.5 Å². The summed E-state index contributed by atoms with van der Waals surface area (Å²) in [7, 11) is 3.50. The minimum atomic E-state index is -1.42. The third kappa shape index (κ3) is 3.80. The molecular weight excluding hydrogens is 344 g/mol. The first-order chi connectivity index (χ1) is 12.8. The molecule has 2 aromatic rings. The maximum absolute atomic E-state index is 12.3. The van der Waals surface area contributed by atoms with Crippen molar-refractivity contribution in [1.82, 2.24) is 10.2 Å². The maximum Gasteiger partial charge on any atom is 0.408 e. The van der Waals surface area contributed by atoms with Crippen molar-refractivity contribution in [3.63, 3.8) is 0 Å². The Morgan fingerprint density at radius 1 is 1.07 bits per heavy atom. The van der Waals surface area contributed by atoms with Crippen molar-refractivity contribution in [3.05, 3.63) is 59.7 Å². The molecule has 1 amide bonds. The molecule has 0 radical (unpaired) electrons. The quantitative estimate of drug-likeness (QED) is 0.820. The number of hydrogen-bond donors (Lipinski definition) is 2. The van der Waals surface area contributed by atoms with Gasteiger partial charge in [-0.3, -0.25) is 0 Å². The monoisotopic (exact) mass is 368 g/mol. The molecule has 1 atom stereocenters. The Balaban J connectivity index is 1.73. The first-order valence-corrected chi connectivity index (χ1v) is 8.83. The number of carbonyl (C=O) groups excluding carboxylic acids is 1. The second-order valence-electron chi connectivity index (χ2n) is 7.33. The van der Waals surface area contributed by atoms with Crippen molar-refractivity contribution in [3.8, 4) is 11.1 Å². The number of amides is 1. The first-order valence-electron chi connectivity index (χ1n) is 8.83. The third-order valence-corrected chi connectivity index (χ3v) is 4.83. The average molecular weight is 368 g/mol. The van der Waals surface area contributed by atoms with Gasteiger partial charge in [0.05, 0.1) is 0 Å². The number of fused-ring (bicyclic) bond motifs is 3. The van der Waals surface area contributed by atoms with Crippen LogP contribution in [0.2, 0.25) is 0 Å². The molecule has 0 aliphatic heterocycles. The van der Waals surface area contributed by atoms with Crippen LogP contribution in [0.1, 0.15) is 24.0 Å². The lowest BCUT2D eigenvalue weighted by Gasteiger charge is -2.29. The van der Waals surface area contributed by atoms with E-state index in [2.05, 4.69) is 17.4 Å². The number of nitrogens with one attached hydrogen (secondary N) is 1. The molecule has 142 valence electrons. The lowest BCUT2D eigenvalue weighted by Crippen LogP contribution is -2.58. The standard InChI is InChI=1S/C21H24N2O4/c1-21(19(24)25,13-23(2)3)22-20(26)27-12-18-16-10-6-4-8-14(16)15-9-5-7-11-17(15)18/h4-11,18H,12-13H2,1-3H3,(H,22,26)(H,24,25). The number of aliphatic carboxylic acids is 1. The molecule has 1 aliphatic rings. The molecule has 0 aromatic heterocycles. The lowest BCUT2D eigenvalue weighted by atomic mass is 9.98. The summed E-state index contributed by atoms with van der Waals surface area (Å²) < 4.78 is 5.44. The van der Waals surface area contributed by atoms with Crippen LogP contribution in [0.4, 0.5) is 4.79 Å². The van der Waals surface area contributed by atoms with Crippen LogP contribution >= 0.6 is 0 Å². The highest BCUT2D eigenvalue weighted by Crippen LogP contribution is 2.44. The van der Waals surface area contributed by atoms with E-state index in [0.29, 0.717) is 0 Å². The molecule has 0 spiro atoms. The van der Waals surface area contributed by atoms with Gasteiger partial charge in [0.1, 0.15) is 6.61 Å². The number of carboxylic acid groups (broad SMARTS) is 1. The van der Waals surface area contributed by atoms with Crippen molar-refractivity contribution in [2.24, 2.45) is 0 Å². The van der Waals surface area contributed by atoms with Crippen LogP contribution in [-0.2, 0) is 9.53 Å². The molecular formula is C21H24N2O4. The highest BCUT2D eigenvalue weighted by Gasteiger charge is 2.36. The summed E-state index contributed by atoms with van der Waals surface area (Å²) in [5.41, 5.74) is 3.09. The van der Waals surface area contributed by atoms with E-state index in [4.69, 9.17) is 4.74 Å². The molecule has 2 aromatic carbocycles. The number of rotatable bonds is 6. The molecule has 0 heterocycles. The molecule has 0 bridgehead atoms. The van der Waals surface area contributed by atoms with Crippen molar-refractivity contribution >= 4 is 12.1 Å². The van der Waals surface area contributed by atoms with Crippen LogP contribution in [0.5, 0.6) is 0 Å². The van der Waals surface area contributed by atoms with E-state index in [-0.39, 0.29) is 19.1 Å². The number of benzene rings is 2. The number of hydrogen-bond acceptors (Lipinski definition) is 4. The van der Waals surface area contributed by atoms with Gasteiger partial charge in [-0.25, -0.2) is 9.59 Å². The molecule has 27 heavy (non-hydrogen) atoms. The number of carboxylic acids is 1. The Morgan fingerprint density at radius 2 is 1.59 bits per heavy atom. The minimum absolute atomic E-state index is 0.0620. The van der Waals surface area contributed by atoms with Crippen molar-refractivity contribution in [1.29, 1.82) is 0 Å². The molecule has 3 rings (SSSR count). The Kier molecular flexibility index (Phi) is 5.19. The van der Waals surface area contributed by atoms with Crippen LogP contribution in [0.25, 0.3) is 11.1 Å². The average Bonchev–Trinajstić information content (AvgIpc) is 2.93. The van der Waals surface area contributed by atoms with Gasteiger partial charge in [0.15, 0.2) is 5.54 Å². The zero-order valence-electron chi connectivity index (χ0n) is 15.7. The Bertz CT molecular complexity index is 819. The summed E-state index contributed by atoms with van der Waals surface area (Å²) in [6.07, 6.45) is -0.733. The summed E-state index contributed by atoms with van der Waals surface area (Å²) in [5.74, 6) is -1.17.